The molecule has 0 saturated carbocycles. The van der Waals surface area contributed by atoms with Crippen molar-refractivity contribution in [1.82, 2.24) is 9.13 Å². The van der Waals surface area contributed by atoms with Gasteiger partial charge < -0.3 is 9.13 Å². The van der Waals surface area contributed by atoms with E-state index in [0.29, 0.717) is 5.56 Å². The summed E-state index contributed by atoms with van der Waals surface area (Å²) < 4.78 is 28.7. The van der Waals surface area contributed by atoms with Gasteiger partial charge in [-0.1, -0.05) is 84.9 Å². The Morgan fingerprint density at radius 3 is 1.61 bits per heavy atom. The maximum Gasteiger partial charge on any atom is 0.0541 e. The molecule has 2 heterocycles. The van der Waals surface area contributed by atoms with Crippen LogP contribution < -0.4 is 0 Å². The molecule has 0 aliphatic carbocycles. The molecule has 9 rings (SSSR count). The lowest BCUT2D eigenvalue weighted by Gasteiger charge is -2.11. The molecule has 2 heteroatoms. The molecule has 2 nitrogen and oxygen atoms in total. The minimum Gasteiger partial charge on any atom is -0.309 e. The van der Waals surface area contributed by atoms with Crippen LogP contribution in [0.25, 0.3) is 76.9 Å². The van der Waals surface area contributed by atoms with Gasteiger partial charge in [-0.3, -0.25) is 0 Å². The molecule has 0 amide bonds. The summed E-state index contributed by atoms with van der Waals surface area (Å²) in [5, 5.41) is 7.16. The number of aryl methyl sites for hydroxylation is 2. The highest BCUT2D eigenvalue weighted by Gasteiger charge is 2.16. The quantitative estimate of drug-likeness (QED) is 0.202. The number of benzene rings is 7. The Morgan fingerprint density at radius 1 is 0.409 bits per heavy atom. The number of aromatic nitrogens is 2. The van der Waals surface area contributed by atoms with Gasteiger partial charge in [0.25, 0.3) is 0 Å². The van der Waals surface area contributed by atoms with Crippen molar-refractivity contribution >= 4 is 54.4 Å². The fourth-order valence-corrected chi connectivity index (χ4v) is 7.07. The largest absolute Gasteiger partial charge is 0.309 e. The van der Waals surface area contributed by atoms with E-state index >= 15 is 0 Å². The van der Waals surface area contributed by atoms with Crippen LogP contribution in [0.4, 0.5) is 0 Å². The van der Waals surface area contributed by atoms with Crippen molar-refractivity contribution in [2.24, 2.45) is 0 Å². The smallest absolute Gasteiger partial charge is 0.0541 e. The van der Waals surface area contributed by atoms with Crippen molar-refractivity contribution in [3.8, 4) is 22.5 Å². The third kappa shape index (κ3) is 3.74. The average molecular weight is 566 g/mol. The first-order chi connectivity index (χ1) is 22.8. The first-order valence-corrected chi connectivity index (χ1v) is 15.0. The molecule has 0 aliphatic rings. The summed E-state index contributed by atoms with van der Waals surface area (Å²) in [7, 11) is 0. The van der Waals surface area contributed by atoms with Crippen LogP contribution in [-0.4, -0.2) is 9.13 Å². The van der Waals surface area contributed by atoms with Crippen molar-refractivity contribution in [3.63, 3.8) is 0 Å². The van der Waals surface area contributed by atoms with Gasteiger partial charge >= 0.3 is 0 Å². The van der Waals surface area contributed by atoms with Crippen molar-refractivity contribution in [1.29, 1.82) is 0 Å². The first-order valence-electron chi connectivity index (χ1n) is 16.5. The van der Waals surface area contributed by atoms with E-state index < -0.39 is 6.85 Å². The molecule has 9 aromatic rings. The molecule has 0 atom stereocenters. The second kappa shape index (κ2) is 9.45. The summed E-state index contributed by atoms with van der Waals surface area (Å²) >= 11 is 0. The van der Waals surface area contributed by atoms with Crippen molar-refractivity contribution in [2.45, 2.75) is 13.8 Å². The normalized spacial score (nSPS) is 13.2. The van der Waals surface area contributed by atoms with E-state index in [-0.39, 0.29) is 0 Å². The zero-order valence-electron chi connectivity index (χ0n) is 27.3. The lowest BCUT2D eigenvalue weighted by atomic mass is 10.0. The molecule has 44 heavy (non-hydrogen) atoms. The van der Waals surface area contributed by atoms with Gasteiger partial charge in [0.05, 0.1) is 22.1 Å². The maximum absolute atomic E-state index is 8.05. The Kier molecular flexibility index (Phi) is 4.73. The van der Waals surface area contributed by atoms with Gasteiger partial charge in [-0.15, -0.1) is 0 Å². The summed E-state index contributed by atoms with van der Waals surface area (Å²) in [6.45, 7) is -0.222. The van der Waals surface area contributed by atoms with Gasteiger partial charge in [0.2, 0.25) is 0 Å². The minimum atomic E-state index is -2.18. The van der Waals surface area contributed by atoms with Gasteiger partial charge in [0.1, 0.15) is 0 Å². The van der Waals surface area contributed by atoms with Gasteiger partial charge in [-0.25, -0.2) is 0 Å². The average Bonchev–Trinajstić information content (AvgIpc) is 3.59. The van der Waals surface area contributed by atoms with Crippen LogP contribution in [0.2, 0.25) is 0 Å². The van der Waals surface area contributed by atoms with E-state index in [1.165, 1.54) is 32.6 Å². The van der Waals surface area contributed by atoms with Gasteiger partial charge in [-0.2, -0.15) is 0 Å². The Morgan fingerprint density at radius 2 is 0.955 bits per heavy atom. The summed E-state index contributed by atoms with van der Waals surface area (Å²) in [5.74, 6) is 0. The third-order valence-corrected chi connectivity index (χ3v) is 8.99. The van der Waals surface area contributed by atoms with Crippen LogP contribution >= 0.6 is 0 Å². The summed E-state index contributed by atoms with van der Waals surface area (Å²) in [5.41, 5.74) is 10.0. The minimum absolute atomic E-state index is 0.353. The van der Waals surface area contributed by atoms with E-state index in [1.807, 2.05) is 13.0 Å². The van der Waals surface area contributed by atoms with Crippen molar-refractivity contribution < 1.29 is 4.11 Å². The lowest BCUT2D eigenvalue weighted by molar-refractivity contribution is 1.16. The molecule has 0 fully saturated rings. The van der Waals surface area contributed by atoms with Crippen LogP contribution in [0.15, 0.2) is 146 Å². The number of nitrogens with zero attached hydrogens (tertiary/aromatic N) is 2. The Balaban J connectivity index is 1.23. The molecule has 0 radical (unpaired) electrons. The van der Waals surface area contributed by atoms with Gasteiger partial charge in [0, 0.05) is 37.0 Å². The molecule has 0 spiro atoms. The van der Waals surface area contributed by atoms with Crippen LogP contribution in [-0.2, 0) is 0 Å². The highest BCUT2D eigenvalue weighted by molar-refractivity contribution is 6.12. The van der Waals surface area contributed by atoms with Crippen molar-refractivity contribution in [3.05, 3.63) is 157 Å². The Hall–Kier alpha value is -5.60. The number of hydrogen-bond donors (Lipinski definition) is 0. The van der Waals surface area contributed by atoms with Crippen LogP contribution in [0.5, 0.6) is 0 Å². The number of fused-ring (bicyclic) bond motifs is 7. The molecule has 0 aliphatic heterocycles. The van der Waals surface area contributed by atoms with E-state index in [9.17, 15) is 0 Å². The predicted molar refractivity (Wildman–Crippen MR) is 188 cm³/mol. The molecule has 208 valence electrons. The second-order valence-corrected chi connectivity index (χ2v) is 11.8. The Labute approximate surface area is 260 Å². The van der Waals surface area contributed by atoms with Gasteiger partial charge in [0.15, 0.2) is 0 Å². The van der Waals surface area contributed by atoms with Crippen LogP contribution in [0.3, 0.4) is 0 Å². The van der Waals surface area contributed by atoms with E-state index in [1.54, 1.807) is 12.1 Å². The SMILES string of the molecule is [2H]C([2H])([2H])c1cc(C)cc(-n2c3ccccc3c3cc(-c4ccc5c(c4)c4ccccc4n5-c4ccc5ccccc5c4)ccc32)c1. The van der Waals surface area contributed by atoms with Crippen LogP contribution in [0.1, 0.15) is 15.2 Å². The standard InChI is InChI=1S/C42H30N2/c1-27-21-28(2)23-34(22-27)44-40-14-8-6-12-36(40)38-26-32(17-20-42(38)44)31-16-19-41-37(25-31)35-11-5-7-13-39(35)43(41)33-18-15-29-9-3-4-10-30(29)24-33/h3-26H,1-2H3/i1D3. The Bertz CT molecular complexity index is 2690. The summed E-state index contributed by atoms with van der Waals surface area (Å²) in [6, 6.07) is 51.2. The van der Waals surface area contributed by atoms with E-state index in [4.69, 9.17) is 4.11 Å². The van der Waals surface area contributed by atoms with E-state index in [2.05, 4.69) is 137 Å². The summed E-state index contributed by atoms with van der Waals surface area (Å²) in [4.78, 5) is 0. The zero-order chi connectivity index (χ0) is 31.9. The highest BCUT2D eigenvalue weighted by atomic mass is 15.0. The fourth-order valence-electron chi connectivity index (χ4n) is 7.07. The molecule has 0 bridgehead atoms. The fraction of sp³-hybridized carbons (Fsp3) is 0.0476. The lowest BCUT2D eigenvalue weighted by Crippen LogP contribution is -1.95. The molecule has 7 aromatic carbocycles. The summed E-state index contributed by atoms with van der Waals surface area (Å²) in [6.07, 6.45) is 0. The van der Waals surface area contributed by atoms with Gasteiger partial charge in [-0.05, 0) is 107 Å². The first kappa shape index (κ1) is 22.0. The molecule has 0 saturated heterocycles. The molecule has 0 N–H and O–H groups in total. The van der Waals surface area contributed by atoms with Crippen LogP contribution in [0, 0.1) is 13.8 Å². The third-order valence-electron chi connectivity index (χ3n) is 8.99. The zero-order valence-corrected chi connectivity index (χ0v) is 24.3. The number of hydrogen-bond acceptors (Lipinski definition) is 0. The number of rotatable bonds is 3. The molecule has 2 aromatic heterocycles. The topological polar surface area (TPSA) is 9.86 Å². The maximum atomic E-state index is 8.05. The monoisotopic (exact) mass is 565 g/mol. The predicted octanol–water partition coefficient (Wildman–Crippen LogP) is 11.3. The highest BCUT2D eigenvalue weighted by Crippen LogP contribution is 2.38. The van der Waals surface area contributed by atoms with E-state index in [0.717, 1.165) is 49.9 Å². The molecular weight excluding hydrogens is 532 g/mol. The number of para-hydroxylation sites is 2. The molecule has 0 unspecified atom stereocenters. The molecular formula is C42H30N2. The van der Waals surface area contributed by atoms with Crippen molar-refractivity contribution in [2.75, 3.05) is 0 Å². The second-order valence-electron chi connectivity index (χ2n) is 11.8.